The van der Waals surface area contributed by atoms with Crippen LogP contribution in [0.3, 0.4) is 0 Å². The van der Waals surface area contributed by atoms with Gasteiger partial charge in [0.1, 0.15) is 0 Å². The van der Waals surface area contributed by atoms with Crippen LogP contribution in [0.4, 0.5) is 5.69 Å². The number of primary sulfonamides is 1. The second kappa shape index (κ2) is 7.57. The van der Waals surface area contributed by atoms with Crippen molar-refractivity contribution in [1.29, 1.82) is 0 Å². The Morgan fingerprint density at radius 2 is 2.00 bits per heavy atom. The average molecular weight is 373 g/mol. The fourth-order valence-electron chi connectivity index (χ4n) is 3.47. The van der Waals surface area contributed by atoms with Gasteiger partial charge in [-0.05, 0) is 55.6 Å². The van der Waals surface area contributed by atoms with Crippen LogP contribution in [-0.4, -0.2) is 32.8 Å². The van der Waals surface area contributed by atoms with Crippen molar-refractivity contribution in [3.8, 4) is 0 Å². The highest BCUT2D eigenvalue weighted by molar-refractivity contribution is 7.89. The van der Waals surface area contributed by atoms with Gasteiger partial charge in [-0.1, -0.05) is 30.3 Å². The minimum absolute atomic E-state index is 0.0233. The van der Waals surface area contributed by atoms with Gasteiger partial charge in [-0.2, -0.15) is 0 Å². The van der Waals surface area contributed by atoms with E-state index in [2.05, 4.69) is 17.4 Å². The summed E-state index contributed by atoms with van der Waals surface area (Å²) in [6.07, 6.45) is 3.19. The van der Waals surface area contributed by atoms with Crippen molar-refractivity contribution in [2.24, 2.45) is 5.14 Å². The van der Waals surface area contributed by atoms with E-state index in [1.165, 1.54) is 23.3 Å². The lowest BCUT2D eigenvalue weighted by atomic mass is 9.87. The number of carbonyl (C=O) groups excluding carboxylic acids is 1. The summed E-state index contributed by atoms with van der Waals surface area (Å²) in [5.41, 5.74) is 3.04. The van der Waals surface area contributed by atoms with Gasteiger partial charge in [0.25, 0.3) is 0 Å². The molecular weight excluding hydrogens is 350 g/mol. The van der Waals surface area contributed by atoms with E-state index in [-0.39, 0.29) is 23.4 Å². The number of benzene rings is 2. The summed E-state index contributed by atoms with van der Waals surface area (Å²) in [6, 6.07) is 14.5. The molecule has 0 radical (unpaired) electrons. The molecule has 138 valence electrons. The van der Waals surface area contributed by atoms with E-state index in [9.17, 15) is 13.2 Å². The van der Waals surface area contributed by atoms with Crippen molar-refractivity contribution in [2.45, 2.75) is 30.2 Å². The van der Waals surface area contributed by atoms with Gasteiger partial charge in [0.05, 0.1) is 11.4 Å². The maximum absolute atomic E-state index is 12.4. The molecule has 6 nitrogen and oxygen atoms in total. The van der Waals surface area contributed by atoms with Gasteiger partial charge in [-0.3, -0.25) is 9.69 Å². The third-order valence-electron chi connectivity index (χ3n) is 4.71. The van der Waals surface area contributed by atoms with Crippen molar-refractivity contribution >= 4 is 21.6 Å². The molecule has 0 bridgehead atoms. The zero-order chi connectivity index (χ0) is 18.7. The molecule has 3 rings (SSSR count). The van der Waals surface area contributed by atoms with E-state index < -0.39 is 10.0 Å². The number of nitrogens with two attached hydrogens (primary N) is 1. The highest BCUT2D eigenvalue weighted by Crippen LogP contribution is 2.33. The van der Waals surface area contributed by atoms with E-state index in [0.29, 0.717) is 5.69 Å². The van der Waals surface area contributed by atoms with Crippen LogP contribution >= 0.6 is 0 Å². The van der Waals surface area contributed by atoms with Crippen LogP contribution in [-0.2, 0) is 21.2 Å². The van der Waals surface area contributed by atoms with E-state index >= 15 is 0 Å². The third-order valence-corrected chi connectivity index (χ3v) is 5.62. The van der Waals surface area contributed by atoms with Gasteiger partial charge in [0, 0.05) is 11.7 Å². The number of amides is 1. The first-order chi connectivity index (χ1) is 12.3. The molecule has 0 spiro atoms. The third kappa shape index (κ3) is 4.30. The van der Waals surface area contributed by atoms with Gasteiger partial charge in [0.2, 0.25) is 15.9 Å². The fourth-order valence-corrected chi connectivity index (χ4v) is 4.03. The Balaban J connectivity index is 1.68. The molecule has 26 heavy (non-hydrogen) atoms. The van der Waals surface area contributed by atoms with Crippen LogP contribution < -0.4 is 10.5 Å². The van der Waals surface area contributed by atoms with Crippen molar-refractivity contribution in [3.05, 3.63) is 59.7 Å². The molecule has 1 atom stereocenters. The second-order valence-electron chi connectivity index (χ2n) is 6.64. The minimum atomic E-state index is -3.80. The van der Waals surface area contributed by atoms with Gasteiger partial charge < -0.3 is 5.32 Å². The molecule has 1 aliphatic rings. The minimum Gasteiger partial charge on any atom is -0.325 e. The average Bonchev–Trinajstić information content (AvgIpc) is 2.60. The summed E-state index contributed by atoms with van der Waals surface area (Å²) in [5, 5.41) is 7.88. The maximum Gasteiger partial charge on any atom is 0.238 e. The predicted octanol–water partition coefficient (Wildman–Crippen LogP) is 2.28. The molecule has 1 aliphatic carbocycles. The molecular formula is C19H23N3O3S. The number of fused-ring (bicyclic) bond motifs is 1. The summed E-state index contributed by atoms with van der Waals surface area (Å²) < 4.78 is 22.9. The van der Waals surface area contributed by atoms with E-state index in [1.54, 1.807) is 12.1 Å². The molecule has 7 heteroatoms. The molecule has 2 aromatic rings. The van der Waals surface area contributed by atoms with Gasteiger partial charge in [-0.15, -0.1) is 0 Å². The van der Waals surface area contributed by atoms with Crippen LogP contribution in [0.5, 0.6) is 0 Å². The zero-order valence-corrected chi connectivity index (χ0v) is 15.5. The highest BCUT2D eigenvalue weighted by atomic mass is 32.2. The van der Waals surface area contributed by atoms with Crippen LogP contribution in [0.15, 0.2) is 53.4 Å². The van der Waals surface area contributed by atoms with Crippen LogP contribution in [0.1, 0.15) is 30.0 Å². The van der Waals surface area contributed by atoms with E-state index in [1.807, 2.05) is 24.1 Å². The fraction of sp³-hybridized carbons (Fsp3) is 0.316. The monoisotopic (exact) mass is 373 g/mol. The number of carbonyl (C=O) groups is 1. The van der Waals surface area contributed by atoms with Crippen LogP contribution in [0, 0.1) is 0 Å². The van der Waals surface area contributed by atoms with Crippen LogP contribution in [0.2, 0.25) is 0 Å². The number of likely N-dealkylation sites (N-methyl/N-ethyl adjacent to an activating group) is 1. The van der Waals surface area contributed by atoms with Crippen LogP contribution in [0.25, 0.3) is 0 Å². The summed E-state index contributed by atoms with van der Waals surface area (Å²) in [4.78, 5) is 14.4. The quantitative estimate of drug-likeness (QED) is 0.841. The number of hydrogen-bond donors (Lipinski definition) is 2. The molecule has 0 fully saturated rings. The topological polar surface area (TPSA) is 92.5 Å². The van der Waals surface area contributed by atoms with E-state index in [4.69, 9.17) is 5.14 Å². The lowest BCUT2D eigenvalue weighted by Gasteiger charge is -2.32. The van der Waals surface area contributed by atoms with Crippen molar-refractivity contribution in [2.75, 3.05) is 18.9 Å². The lowest BCUT2D eigenvalue weighted by molar-refractivity contribution is -0.117. The Morgan fingerprint density at radius 3 is 2.77 bits per heavy atom. The Labute approximate surface area is 154 Å². The molecule has 2 aromatic carbocycles. The molecule has 0 aliphatic heterocycles. The van der Waals surface area contributed by atoms with Gasteiger partial charge in [-0.25, -0.2) is 13.6 Å². The molecule has 0 saturated heterocycles. The smallest absolute Gasteiger partial charge is 0.238 e. The van der Waals surface area contributed by atoms with Crippen molar-refractivity contribution in [1.82, 2.24) is 4.90 Å². The number of sulfonamides is 1. The molecule has 0 heterocycles. The Kier molecular flexibility index (Phi) is 5.41. The first-order valence-corrected chi connectivity index (χ1v) is 10.1. The highest BCUT2D eigenvalue weighted by Gasteiger charge is 2.24. The second-order valence-corrected chi connectivity index (χ2v) is 8.20. The number of nitrogens with zero attached hydrogens (tertiary/aromatic N) is 1. The first-order valence-electron chi connectivity index (χ1n) is 8.55. The number of aryl methyl sites for hydroxylation is 1. The van der Waals surface area contributed by atoms with Crippen molar-refractivity contribution in [3.63, 3.8) is 0 Å². The Morgan fingerprint density at radius 1 is 1.23 bits per heavy atom. The summed E-state index contributed by atoms with van der Waals surface area (Å²) >= 11 is 0. The predicted molar refractivity (Wildman–Crippen MR) is 101 cm³/mol. The summed E-state index contributed by atoms with van der Waals surface area (Å²) in [7, 11) is -1.86. The SMILES string of the molecule is CN(CC(=O)Nc1cccc(S(N)(=O)=O)c1)[C@H]1CCCc2ccccc21. The maximum atomic E-state index is 12.4. The zero-order valence-electron chi connectivity index (χ0n) is 14.7. The number of anilines is 1. The van der Waals surface area contributed by atoms with Gasteiger partial charge in [0.15, 0.2) is 0 Å². The van der Waals surface area contributed by atoms with Gasteiger partial charge >= 0.3 is 0 Å². The first kappa shape index (κ1) is 18.6. The molecule has 0 saturated carbocycles. The van der Waals surface area contributed by atoms with E-state index in [0.717, 1.165) is 19.3 Å². The standard InChI is InChI=1S/C19H23N3O3S/c1-22(18-11-4-7-14-6-2-3-10-17(14)18)13-19(23)21-15-8-5-9-16(12-15)26(20,24)25/h2-3,5-6,8-10,12,18H,4,7,11,13H2,1H3,(H,21,23)(H2,20,24,25)/t18-/m0/s1. The number of nitrogens with one attached hydrogen (secondary N) is 1. The Bertz CT molecular complexity index is 912. The summed E-state index contributed by atoms with van der Waals surface area (Å²) in [5.74, 6) is -0.192. The molecule has 0 aromatic heterocycles. The molecule has 0 unspecified atom stereocenters. The number of hydrogen-bond acceptors (Lipinski definition) is 4. The molecule has 3 N–H and O–H groups in total. The largest absolute Gasteiger partial charge is 0.325 e. The molecule has 1 amide bonds. The van der Waals surface area contributed by atoms with Crippen molar-refractivity contribution < 1.29 is 13.2 Å². The Hall–Kier alpha value is -2.22. The normalized spacial score (nSPS) is 17.0. The summed E-state index contributed by atoms with van der Waals surface area (Å²) in [6.45, 7) is 0.221. The number of rotatable bonds is 5. The lowest BCUT2D eigenvalue weighted by Crippen LogP contribution is -2.34.